The quantitative estimate of drug-likeness (QED) is 0.731. The van der Waals surface area contributed by atoms with E-state index in [1.807, 2.05) is 18.2 Å². The van der Waals surface area contributed by atoms with Gasteiger partial charge in [-0.2, -0.15) is 0 Å². The molecule has 0 aromatic carbocycles. The lowest BCUT2D eigenvalue weighted by Gasteiger charge is -2.26. The van der Waals surface area contributed by atoms with Crippen LogP contribution in [0.4, 0.5) is 0 Å². The van der Waals surface area contributed by atoms with Crippen LogP contribution >= 0.6 is 0 Å². The van der Waals surface area contributed by atoms with Crippen molar-refractivity contribution in [3.8, 4) is 0 Å². The van der Waals surface area contributed by atoms with Gasteiger partial charge in [-0.1, -0.05) is 19.4 Å². The van der Waals surface area contributed by atoms with E-state index in [0.717, 1.165) is 31.4 Å². The van der Waals surface area contributed by atoms with Crippen molar-refractivity contribution in [2.24, 2.45) is 0 Å². The van der Waals surface area contributed by atoms with Crippen LogP contribution in [0.25, 0.3) is 0 Å². The summed E-state index contributed by atoms with van der Waals surface area (Å²) < 4.78 is 5.54. The Kier molecular flexibility index (Phi) is 3.22. The number of cyclic esters (lactones) is 1. The van der Waals surface area contributed by atoms with Crippen LogP contribution in [0.2, 0.25) is 0 Å². The van der Waals surface area contributed by atoms with E-state index >= 15 is 0 Å². The van der Waals surface area contributed by atoms with Gasteiger partial charge in [0.2, 0.25) is 0 Å². The van der Waals surface area contributed by atoms with Gasteiger partial charge >= 0.3 is 5.97 Å². The minimum atomic E-state index is -0.450. The standard InChI is InChI=1S/C13H17NO2/c1-2-3-8-13(9-7-12(15)16-13)11-6-4-5-10-14-11/h4-6,10H,2-3,7-9H2,1H3. The second-order valence-corrected chi connectivity index (χ2v) is 4.29. The Bertz CT molecular complexity index is 363. The first-order valence-electron chi connectivity index (χ1n) is 5.90. The second kappa shape index (κ2) is 4.64. The van der Waals surface area contributed by atoms with Gasteiger partial charge in [0.1, 0.15) is 0 Å². The molecule has 16 heavy (non-hydrogen) atoms. The molecule has 0 amide bonds. The second-order valence-electron chi connectivity index (χ2n) is 4.29. The van der Waals surface area contributed by atoms with E-state index in [0.29, 0.717) is 6.42 Å². The SMILES string of the molecule is CCCCC1(c2ccccn2)CCC(=O)O1. The van der Waals surface area contributed by atoms with Crippen molar-refractivity contribution in [1.29, 1.82) is 0 Å². The first-order valence-corrected chi connectivity index (χ1v) is 5.90. The molecule has 1 aromatic rings. The molecule has 1 aliphatic rings. The number of aromatic nitrogens is 1. The molecule has 0 spiro atoms. The fourth-order valence-corrected chi connectivity index (χ4v) is 2.20. The van der Waals surface area contributed by atoms with Crippen LogP contribution in [0, 0.1) is 0 Å². The summed E-state index contributed by atoms with van der Waals surface area (Å²) in [6.07, 6.45) is 6.08. The van der Waals surface area contributed by atoms with Gasteiger partial charge in [0.05, 0.1) is 5.69 Å². The van der Waals surface area contributed by atoms with Gasteiger partial charge in [-0.05, 0) is 25.0 Å². The molecule has 2 rings (SSSR count). The summed E-state index contributed by atoms with van der Waals surface area (Å²) in [4.78, 5) is 15.7. The van der Waals surface area contributed by atoms with E-state index in [1.165, 1.54) is 0 Å². The Morgan fingerprint density at radius 1 is 1.50 bits per heavy atom. The molecule has 1 aliphatic heterocycles. The third-order valence-corrected chi connectivity index (χ3v) is 3.11. The molecule has 0 saturated carbocycles. The van der Waals surface area contributed by atoms with Crippen molar-refractivity contribution in [2.75, 3.05) is 0 Å². The number of ether oxygens (including phenoxy) is 1. The number of esters is 1. The lowest BCUT2D eigenvalue weighted by Crippen LogP contribution is -2.26. The third kappa shape index (κ3) is 2.08. The molecule has 0 N–H and O–H groups in total. The number of hydrogen-bond donors (Lipinski definition) is 0. The number of rotatable bonds is 4. The number of pyridine rings is 1. The summed E-state index contributed by atoms with van der Waals surface area (Å²) in [5.41, 5.74) is 0.447. The van der Waals surface area contributed by atoms with Crippen LogP contribution in [0.15, 0.2) is 24.4 Å². The van der Waals surface area contributed by atoms with E-state index in [-0.39, 0.29) is 5.97 Å². The fourth-order valence-electron chi connectivity index (χ4n) is 2.20. The molecule has 3 heteroatoms. The highest BCUT2D eigenvalue weighted by atomic mass is 16.6. The number of carbonyl (C=O) groups excluding carboxylic acids is 1. The Morgan fingerprint density at radius 3 is 2.94 bits per heavy atom. The molecule has 0 aliphatic carbocycles. The Labute approximate surface area is 95.8 Å². The van der Waals surface area contributed by atoms with E-state index in [9.17, 15) is 4.79 Å². The summed E-state index contributed by atoms with van der Waals surface area (Å²) in [6, 6.07) is 5.78. The highest BCUT2D eigenvalue weighted by Gasteiger charge is 2.42. The largest absolute Gasteiger partial charge is 0.452 e. The van der Waals surface area contributed by atoms with E-state index < -0.39 is 5.60 Å². The molecule has 2 heterocycles. The number of nitrogens with zero attached hydrogens (tertiary/aromatic N) is 1. The molecular formula is C13H17NO2. The molecule has 3 nitrogen and oxygen atoms in total. The Morgan fingerprint density at radius 2 is 2.38 bits per heavy atom. The third-order valence-electron chi connectivity index (χ3n) is 3.11. The molecule has 1 atom stereocenters. The normalized spacial score (nSPS) is 24.4. The van der Waals surface area contributed by atoms with Crippen LogP contribution in [-0.4, -0.2) is 11.0 Å². The van der Waals surface area contributed by atoms with Gasteiger partial charge in [-0.15, -0.1) is 0 Å². The average Bonchev–Trinajstić information content (AvgIpc) is 2.71. The van der Waals surface area contributed by atoms with Crippen LogP contribution in [0.5, 0.6) is 0 Å². The summed E-state index contributed by atoms with van der Waals surface area (Å²) in [7, 11) is 0. The molecule has 1 aromatic heterocycles. The number of carbonyl (C=O) groups is 1. The molecule has 0 radical (unpaired) electrons. The van der Waals surface area contributed by atoms with Crippen LogP contribution in [0.1, 0.15) is 44.7 Å². The van der Waals surface area contributed by atoms with Crippen molar-refractivity contribution >= 4 is 5.97 Å². The van der Waals surface area contributed by atoms with Gasteiger partial charge in [-0.25, -0.2) is 0 Å². The van der Waals surface area contributed by atoms with E-state index in [2.05, 4.69) is 11.9 Å². The maximum absolute atomic E-state index is 11.3. The number of hydrogen-bond acceptors (Lipinski definition) is 3. The van der Waals surface area contributed by atoms with Gasteiger partial charge in [0, 0.05) is 19.0 Å². The van der Waals surface area contributed by atoms with Crippen molar-refractivity contribution < 1.29 is 9.53 Å². The lowest BCUT2D eigenvalue weighted by atomic mass is 9.89. The summed E-state index contributed by atoms with van der Waals surface area (Å²) in [5, 5.41) is 0. The molecule has 0 bridgehead atoms. The molecule has 86 valence electrons. The maximum Gasteiger partial charge on any atom is 0.306 e. The summed E-state index contributed by atoms with van der Waals surface area (Å²) >= 11 is 0. The first-order chi connectivity index (χ1) is 7.77. The molecule has 1 fully saturated rings. The predicted octanol–water partition coefficient (Wildman–Crippen LogP) is 2.80. The van der Waals surface area contributed by atoms with Crippen LogP contribution in [-0.2, 0) is 15.1 Å². The van der Waals surface area contributed by atoms with Gasteiger partial charge in [0.25, 0.3) is 0 Å². The highest BCUT2D eigenvalue weighted by molar-refractivity contribution is 5.72. The van der Waals surface area contributed by atoms with Crippen molar-refractivity contribution in [3.63, 3.8) is 0 Å². The fraction of sp³-hybridized carbons (Fsp3) is 0.538. The van der Waals surface area contributed by atoms with Gasteiger partial charge < -0.3 is 4.74 Å². The number of unbranched alkanes of at least 4 members (excludes halogenated alkanes) is 1. The smallest absolute Gasteiger partial charge is 0.306 e. The molecule has 1 saturated heterocycles. The monoisotopic (exact) mass is 219 g/mol. The summed E-state index contributed by atoms with van der Waals surface area (Å²) in [5.74, 6) is -0.0956. The van der Waals surface area contributed by atoms with E-state index in [1.54, 1.807) is 6.20 Å². The average molecular weight is 219 g/mol. The summed E-state index contributed by atoms with van der Waals surface area (Å²) in [6.45, 7) is 2.14. The Hall–Kier alpha value is -1.38. The van der Waals surface area contributed by atoms with Crippen molar-refractivity contribution in [3.05, 3.63) is 30.1 Å². The zero-order valence-electron chi connectivity index (χ0n) is 9.61. The first kappa shape index (κ1) is 11.1. The van der Waals surface area contributed by atoms with Crippen molar-refractivity contribution in [1.82, 2.24) is 4.98 Å². The zero-order valence-corrected chi connectivity index (χ0v) is 9.61. The van der Waals surface area contributed by atoms with Crippen LogP contribution < -0.4 is 0 Å². The topological polar surface area (TPSA) is 39.2 Å². The van der Waals surface area contributed by atoms with Gasteiger partial charge in [-0.3, -0.25) is 9.78 Å². The predicted molar refractivity (Wildman–Crippen MR) is 60.8 cm³/mol. The van der Waals surface area contributed by atoms with Crippen LogP contribution in [0.3, 0.4) is 0 Å². The maximum atomic E-state index is 11.3. The zero-order chi connectivity index (χ0) is 11.4. The molecular weight excluding hydrogens is 202 g/mol. The minimum Gasteiger partial charge on any atom is -0.452 e. The molecule has 1 unspecified atom stereocenters. The van der Waals surface area contributed by atoms with Crippen molar-refractivity contribution in [2.45, 2.75) is 44.6 Å². The highest BCUT2D eigenvalue weighted by Crippen LogP contribution is 2.39. The lowest BCUT2D eigenvalue weighted by molar-refractivity contribution is -0.150. The minimum absolute atomic E-state index is 0.0956. The van der Waals surface area contributed by atoms with Gasteiger partial charge in [0.15, 0.2) is 5.60 Å². The van der Waals surface area contributed by atoms with E-state index in [4.69, 9.17) is 4.74 Å². The Balaban J connectivity index is 2.24.